The number of imide groups is 3. The molecular formula is C54H94N12O8. The van der Waals surface area contributed by atoms with Gasteiger partial charge in [0.15, 0.2) is 0 Å². The molecule has 0 saturated carbocycles. The summed E-state index contributed by atoms with van der Waals surface area (Å²) in [5.74, 6) is -0.733. The van der Waals surface area contributed by atoms with Crippen LogP contribution in [0, 0.1) is 0 Å². The van der Waals surface area contributed by atoms with Crippen molar-refractivity contribution in [2.24, 2.45) is 0 Å². The minimum atomic E-state index is -1.000. The SMILES string of the molecule is CN1C(C)(C)CC2(CC1(C)C)NC(=O)N(CCCC(O)CN1C(=O)NC3(CC(C)(C)N(C)C(C)(C)C3)C1=O)C2=O.CN1C(C)(C)CC2(CN(CN3C(=O)NC4(CC(C)(C)N(C)C(C)(C)C4)C3=O)C(=O)N2)CC1(C)C. The van der Waals surface area contributed by atoms with Crippen LogP contribution >= 0.6 is 0 Å². The molecule has 74 heavy (non-hydrogen) atoms. The quantitative estimate of drug-likeness (QED) is 0.207. The normalized spacial score (nSPS) is 30.2. The number of aliphatic hydroxyl groups excluding tert-OH is 1. The van der Waals surface area contributed by atoms with E-state index in [2.05, 4.69) is 173 Å². The molecule has 8 aliphatic rings. The second-order valence-electron chi connectivity index (χ2n) is 29.1. The minimum Gasteiger partial charge on any atom is -0.391 e. The van der Waals surface area contributed by atoms with Gasteiger partial charge in [0.1, 0.15) is 23.3 Å². The molecule has 8 saturated heterocycles. The lowest BCUT2D eigenvalue weighted by Crippen LogP contribution is -2.68. The number of β-amino-alcohol motifs (C(OH)–C–C–N with tert-alkyl or cyclic N) is 1. The molecule has 1 atom stereocenters. The van der Waals surface area contributed by atoms with Crippen molar-refractivity contribution in [3.05, 3.63) is 0 Å². The number of carbonyl (C=O) groups excluding carboxylic acids is 7. The highest BCUT2D eigenvalue weighted by atomic mass is 16.3. The first-order valence-corrected chi connectivity index (χ1v) is 27.0. The average Bonchev–Trinajstić information content (AvgIpc) is 3.80. The van der Waals surface area contributed by atoms with Gasteiger partial charge in [-0.1, -0.05) is 0 Å². The number of rotatable bonds is 8. The zero-order valence-corrected chi connectivity index (χ0v) is 48.9. The largest absolute Gasteiger partial charge is 0.391 e. The Morgan fingerprint density at radius 1 is 0.419 bits per heavy atom. The molecule has 20 heteroatoms. The third-order valence-electron chi connectivity index (χ3n) is 19.7. The van der Waals surface area contributed by atoms with Crippen LogP contribution in [0.25, 0.3) is 0 Å². The Balaban J connectivity index is 0.000000219. The Hall–Kier alpha value is -4.11. The lowest BCUT2D eigenvalue weighted by molar-refractivity contribution is -0.140. The maximum Gasteiger partial charge on any atom is 0.326 e. The van der Waals surface area contributed by atoms with Crippen molar-refractivity contribution in [2.75, 3.05) is 54.5 Å². The first kappa shape index (κ1) is 57.6. The third kappa shape index (κ3) is 9.71. The number of likely N-dealkylation sites (tertiary alicyclic amines) is 4. The molecule has 8 rings (SSSR count). The van der Waals surface area contributed by atoms with Gasteiger partial charge in [0.2, 0.25) is 0 Å². The summed E-state index contributed by atoms with van der Waals surface area (Å²) in [6.45, 7) is 34.4. The first-order chi connectivity index (χ1) is 33.4. The van der Waals surface area contributed by atoms with Crippen molar-refractivity contribution in [3.8, 4) is 0 Å². The van der Waals surface area contributed by atoms with Crippen molar-refractivity contribution in [1.82, 2.24) is 60.5 Å². The summed E-state index contributed by atoms with van der Waals surface area (Å²) in [6.07, 6.45) is 4.31. The van der Waals surface area contributed by atoms with Crippen molar-refractivity contribution in [2.45, 2.75) is 248 Å². The molecule has 0 aromatic rings. The second kappa shape index (κ2) is 17.7. The fourth-order valence-corrected chi connectivity index (χ4v) is 15.9. The van der Waals surface area contributed by atoms with E-state index in [0.29, 0.717) is 51.5 Å². The number of hydrogen-bond acceptors (Lipinski definition) is 12. The molecule has 4 spiro atoms. The van der Waals surface area contributed by atoms with Crippen molar-refractivity contribution in [3.63, 3.8) is 0 Å². The van der Waals surface area contributed by atoms with Gasteiger partial charge in [-0.2, -0.15) is 0 Å². The number of amides is 11. The lowest BCUT2D eigenvalue weighted by atomic mass is 9.69. The Morgan fingerprint density at radius 2 is 0.716 bits per heavy atom. The Kier molecular flexibility index (Phi) is 13.8. The summed E-state index contributed by atoms with van der Waals surface area (Å²) >= 11 is 0. The molecule has 8 aliphatic heterocycles. The van der Waals surface area contributed by atoms with Gasteiger partial charge < -0.3 is 31.3 Å². The third-order valence-corrected chi connectivity index (χ3v) is 19.7. The standard InChI is InChI=1S/C29H50N6O5.C25H44N6O3/c1-24(2)15-28(16-25(3,4)32(24)9)20(37)34(22(39)30-28)13-11-12-19(36)14-35-21(38)29(31-23(35)40)17-26(5,6)33(10)27(7,8)18-29;1-20(2)11-24(12-21(3,4)28(20)9)15-30(18(33)26-24)16-31-17(32)25(27-19(31)34)13-22(5,6)29(10)23(7,8)14-25/h19,36H,11-18H2,1-10H3,(H,30,39)(H,31,40);11-16H2,1-10H3,(H,26,33)(H,27,34). The number of nitrogens with zero attached hydrogens (tertiary/aromatic N) is 8. The number of hydrogen-bond donors (Lipinski definition) is 5. The predicted octanol–water partition coefficient (Wildman–Crippen LogP) is 4.84. The fraction of sp³-hybridized carbons (Fsp3) is 0.870. The molecule has 0 bridgehead atoms. The van der Waals surface area contributed by atoms with E-state index in [1.54, 1.807) is 4.90 Å². The van der Waals surface area contributed by atoms with E-state index in [-0.39, 0.29) is 99.8 Å². The number of aliphatic hydroxyl groups is 1. The topological polar surface area (TPSA) is 214 Å². The highest BCUT2D eigenvalue weighted by Gasteiger charge is 2.64. The van der Waals surface area contributed by atoms with Crippen LogP contribution in [0.1, 0.15) is 175 Å². The van der Waals surface area contributed by atoms with Crippen LogP contribution in [0.5, 0.6) is 0 Å². The van der Waals surface area contributed by atoms with E-state index in [1.165, 1.54) is 9.80 Å². The van der Waals surface area contributed by atoms with Gasteiger partial charge in [-0.15, -0.1) is 0 Å². The molecule has 8 heterocycles. The maximum atomic E-state index is 13.7. The predicted molar refractivity (Wildman–Crippen MR) is 283 cm³/mol. The van der Waals surface area contributed by atoms with E-state index in [4.69, 9.17) is 0 Å². The van der Waals surface area contributed by atoms with E-state index in [9.17, 15) is 38.7 Å². The van der Waals surface area contributed by atoms with Crippen LogP contribution in [-0.4, -0.2) is 213 Å². The number of nitrogens with one attached hydrogen (secondary N) is 4. The van der Waals surface area contributed by atoms with Gasteiger partial charge in [0, 0.05) is 57.4 Å². The number of piperidine rings is 4. The van der Waals surface area contributed by atoms with E-state index >= 15 is 0 Å². The molecule has 20 nitrogen and oxygen atoms in total. The Bertz CT molecular complexity index is 2270. The average molecular weight is 1040 g/mol. The van der Waals surface area contributed by atoms with Crippen molar-refractivity contribution in [1.29, 1.82) is 0 Å². The molecule has 418 valence electrons. The van der Waals surface area contributed by atoms with Crippen molar-refractivity contribution >= 4 is 41.8 Å². The summed E-state index contributed by atoms with van der Waals surface area (Å²) in [5.41, 5.74) is -5.17. The molecule has 0 aliphatic carbocycles. The van der Waals surface area contributed by atoms with Gasteiger partial charge in [-0.05, 0) is 203 Å². The van der Waals surface area contributed by atoms with Crippen LogP contribution in [-0.2, 0) is 14.4 Å². The van der Waals surface area contributed by atoms with Gasteiger partial charge >= 0.3 is 24.1 Å². The first-order valence-electron chi connectivity index (χ1n) is 27.0. The van der Waals surface area contributed by atoms with Crippen LogP contribution in [0.4, 0.5) is 19.2 Å². The summed E-state index contributed by atoms with van der Waals surface area (Å²) in [6, 6.07) is -1.50. The maximum absolute atomic E-state index is 13.7. The molecule has 8 fully saturated rings. The zero-order chi connectivity index (χ0) is 56.0. The monoisotopic (exact) mass is 1040 g/mol. The minimum absolute atomic E-state index is 0.0204. The van der Waals surface area contributed by atoms with Crippen LogP contribution in [0.15, 0.2) is 0 Å². The summed E-state index contributed by atoms with van der Waals surface area (Å²) in [5, 5.41) is 23.0. The summed E-state index contributed by atoms with van der Waals surface area (Å²) in [4.78, 5) is 107. The molecule has 5 N–H and O–H groups in total. The van der Waals surface area contributed by atoms with Crippen molar-refractivity contribution < 1.29 is 38.7 Å². The van der Waals surface area contributed by atoms with Gasteiger partial charge in [0.05, 0.1) is 18.2 Å². The number of urea groups is 4. The fourth-order valence-electron chi connectivity index (χ4n) is 15.9. The molecular weight excluding hydrogens is 945 g/mol. The van der Waals surface area contributed by atoms with E-state index < -0.39 is 40.8 Å². The number of carbonyl (C=O) groups is 7. The summed E-state index contributed by atoms with van der Waals surface area (Å²) < 4.78 is 0. The van der Waals surface area contributed by atoms with Gasteiger partial charge in [0.25, 0.3) is 17.7 Å². The lowest BCUT2D eigenvalue weighted by Gasteiger charge is -2.57. The Labute approximate surface area is 441 Å². The smallest absolute Gasteiger partial charge is 0.326 e. The molecule has 1 unspecified atom stereocenters. The highest BCUT2D eigenvalue weighted by Crippen LogP contribution is 2.49. The van der Waals surface area contributed by atoms with Gasteiger partial charge in [-0.25, -0.2) is 24.1 Å². The van der Waals surface area contributed by atoms with Crippen LogP contribution in [0.2, 0.25) is 0 Å². The Morgan fingerprint density at radius 3 is 1.08 bits per heavy atom. The summed E-state index contributed by atoms with van der Waals surface area (Å²) in [7, 11) is 8.30. The molecule has 0 aromatic heterocycles. The molecule has 0 aromatic carbocycles. The second-order valence-corrected chi connectivity index (χ2v) is 29.1. The van der Waals surface area contributed by atoms with E-state index in [1.807, 2.05) is 7.05 Å². The van der Waals surface area contributed by atoms with Crippen LogP contribution < -0.4 is 21.3 Å². The van der Waals surface area contributed by atoms with Gasteiger partial charge in [-0.3, -0.25) is 43.8 Å². The molecule has 0 radical (unpaired) electrons. The zero-order valence-electron chi connectivity index (χ0n) is 48.9. The molecule has 11 amide bonds. The van der Waals surface area contributed by atoms with E-state index in [0.717, 1.165) is 17.7 Å². The highest BCUT2D eigenvalue weighted by molar-refractivity contribution is 6.09. The van der Waals surface area contributed by atoms with Crippen LogP contribution in [0.3, 0.4) is 0 Å².